The van der Waals surface area contributed by atoms with Gasteiger partial charge < -0.3 is 19.7 Å². The molecule has 3 rings (SSSR count). The summed E-state index contributed by atoms with van der Waals surface area (Å²) >= 11 is 0. The Bertz CT molecular complexity index is 838. The molecule has 1 unspecified atom stereocenters. The first-order valence-electron chi connectivity index (χ1n) is 8.57. The number of carbonyl (C=O) groups excluding carboxylic acids is 1. The fourth-order valence-electron chi connectivity index (χ4n) is 3.27. The number of amides is 2. The standard InChI is InChI=1S/C19H21N3O5/c1-26-15-8-5-13(6-9-15)17-4-3-11-21(17)19(23)20-16-10-7-14(22(24)25)12-18(16)27-2/h5-10,12,17H,3-4,11H2,1-2H3,(H,20,23). The molecule has 0 spiro atoms. The summed E-state index contributed by atoms with van der Waals surface area (Å²) in [6.45, 7) is 0.637. The molecule has 1 aliphatic rings. The minimum absolute atomic E-state index is 0.0278. The molecule has 0 saturated carbocycles. The van der Waals surface area contributed by atoms with Crippen LogP contribution in [0.3, 0.4) is 0 Å². The highest BCUT2D eigenvalue weighted by Gasteiger charge is 2.30. The van der Waals surface area contributed by atoms with Gasteiger partial charge in [0.15, 0.2) is 0 Å². The van der Waals surface area contributed by atoms with E-state index in [1.54, 1.807) is 12.0 Å². The van der Waals surface area contributed by atoms with Crippen molar-refractivity contribution in [3.63, 3.8) is 0 Å². The third-order valence-corrected chi connectivity index (χ3v) is 4.65. The number of nitrogens with zero attached hydrogens (tertiary/aromatic N) is 2. The van der Waals surface area contributed by atoms with Gasteiger partial charge in [0, 0.05) is 12.6 Å². The van der Waals surface area contributed by atoms with E-state index in [-0.39, 0.29) is 23.5 Å². The number of non-ortho nitro benzene ring substituents is 1. The van der Waals surface area contributed by atoms with Crippen LogP contribution in [0.5, 0.6) is 11.5 Å². The van der Waals surface area contributed by atoms with E-state index in [2.05, 4.69) is 5.32 Å². The zero-order valence-electron chi connectivity index (χ0n) is 15.2. The monoisotopic (exact) mass is 371 g/mol. The number of benzene rings is 2. The average Bonchev–Trinajstić information content (AvgIpc) is 3.18. The quantitative estimate of drug-likeness (QED) is 0.634. The maximum absolute atomic E-state index is 12.8. The Hall–Kier alpha value is -3.29. The van der Waals surface area contributed by atoms with Gasteiger partial charge in [0.25, 0.3) is 5.69 Å². The predicted octanol–water partition coefficient (Wildman–Crippen LogP) is 3.98. The van der Waals surface area contributed by atoms with Crippen molar-refractivity contribution in [1.82, 2.24) is 4.90 Å². The number of carbonyl (C=O) groups is 1. The molecular formula is C19H21N3O5. The highest BCUT2D eigenvalue weighted by Crippen LogP contribution is 2.34. The molecule has 0 aliphatic carbocycles. The number of nitro benzene ring substituents is 1. The maximum Gasteiger partial charge on any atom is 0.322 e. The highest BCUT2D eigenvalue weighted by molar-refractivity contribution is 5.91. The van der Waals surface area contributed by atoms with E-state index in [1.807, 2.05) is 24.3 Å². The third kappa shape index (κ3) is 3.94. The summed E-state index contributed by atoms with van der Waals surface area (Å²) in [6.07, 6.45) is 1.78. The largest absolute Gasteiger partial charge is 0.497 e. The molecule has 8 heteroatoms. The van der Waals surface area contributed by atoms with E-state index in [9.17, 15) is 14.9 Å². The van der Waals surface area contributed by atoms with E-state index in [0.717, 1.165) is 24.2 Å². The maximum atomic E-state index is 12.8. The van der Waals surface area contributed by atoms with Gasteiger partial charge in [-0.15, -0.1) is 0 Å². The van der Waals surface area contributed by atoms with Crippen LogP contribution in [0.25, 0.3) is 0 Å². The van der Waals surface area contributed by atoms with Gasteiger partial charge in [-0.25, -0.2) is 4.79 Å². The first kappa shape index (κ1) is 18.5. The summed E-state index contributed by atoms with van der Waals surface area (Å²) in [7, 11) is 3.02. The molecule has 0 bridgehead atoms. The average molecular weight is 371 g/mol. The molecule has 1 aliphatic heterocycles. The topological polar surface area (TPSA) is 93.9 Å². The minimum Gasteiger partial charge on any atom is -0.497 e. The Morgan fingerprint density at radius 3 is 2.56 bits per heavy atom. The van der Waals surface area contributed by atoms with Gasteiger partial charge in [0.2, 0.25) is 0 Å². The number of methoxy groups -OCH3 is 2. The van der Waals surface area contributed by atoms with Crippen molar-refractivity contribution >= 4 is 17.4 Å². The van der Waals surface area contributed by atoms with Gasteiger partial charge in [-0.05, 0) is 36.6 Å². The lowest BCUT2D eigenvalue weighted by Crippen LogP contribution is -2.34. The number of nitro groups is 1. The summed E-state index contributed by atoms with van der Waals surface area (Å²) in [5.74, 6) is 1.01. The van der Waals surface area contributed by atoms with Crippen molar-refractivity contribution in [3.05, 3.63) is 58.1 Å². The Morgan fingerprint density at radius 1 is 1.19 bits per heavy atom. The van der Waals surface area contributed by atoms with Crippen LogP contribution in [-0.2, 0) is 0 Å². The zero-order chi connectivity index (χ0) is 19.4. The van der Waals surface area contributed by atoms with Gasteiger partial charge in [-0.3, -0.25) is 10.1 Å². The zero-order valence-corrected chi connectivity index (χ0v) is 15.2. The molecule has 1 saturated heterocycles. The molecule has 2 aromatic rings. The number of rotatable bonds is 5. The van der Waals surface area contributed by atoms with Gasteiger partial charge in [-0.2, -0.15) is 0 Å². The molecule has 1 heterocycles. The summed E-state index contributed by atoms with van der Waals surface area (Å²) in [4.78, 5) is 25.0. The fourth-order valence-corrected chi connectivity index (χ4v) is 3.27. The van der Waals surface area contributed by atoms with Gasteiger partial charge in [0.1, 0.15) is 11.5 Å². The van der Waals surface area contributed by atoms with Crippen LogP contribution in [-0.4, -0.2) is 36.6 Å². The van der Waals surface area contributed by atoms with Crippen LogP contribution in [0.15, 0.2) is 42.5 Å². The van der Waals surface area contributed by atoms with E-state index in [4.69, 9.17) is 9.47 Å². The van der Waals surface area contributed by atoms with E-state index in [1.165, 1.54) is 25.3 Å². The molecular weight excluding hydrogens is 350 g/mol. The smallest absolute Gasteiger partial charge is 0.322 e. The first-order valence-corrected chi connectivity index (χ1v) is 8.57. The lowest BCUT2D eigenvalue weighted by Gasteiger charge is -2.26. The lowest BCUT2D eigenvalue weighted by molar-refractivity contribution is -0.384. The van der Waals surface area contributed by atoms with Crippen molar-refractivity contribution in [2.45, 2.75) is 18.9 Å². The molecule has 1 fully saturated rings. The molecule has 0 aromatic heterocycles. The van der Waals surface area contributed by atoms with Crippen LogP contribution >= 0.6 is 0 Å². The number of urea groups is 1. The van der Waals surface area contributed by atoms with Crippen molar-refractivity contribution in [1.29, 1.82) is 0 Å². The molecule has 2 amide bonds. The van der Waals surface area contributed by atoms with Crippen molar-refractivity contribution in [2.24, 2.45) is 0 Å². The van der Waals surface area contributed by atoms with Gasteiger partial charge >= 0.3 is 6.03 Å². The second-order valence-electron chi connectivity index (χ2n) is 6.20. The summed E-state index contributed by atoms with van der Waals surface area (Å²) in [6, 6.07) is 11.5. The first-order chi connectivity index (χ1) is 13.0. The molecule has 1 N–H and O–H groups in total. The Labute approximate surface area is 156 Å². The number of anilines is 1. The number of nitrogens with one attached hydrogen (secondary N) is 1. The lowest BCUT2D eigenvalue weighted by atomic mass is 10.0. The Morgan fingerprint density at radius 2 is 1.93 bits per heavy atom. The second-order valence-corrected chi connectivity index (χ2v) is 6.20. The SMILES string of the molecule is COc1ccc(C2CCCN2C(=O)Nc2ccc([N+](=O)[O-])cc2OC)cc1. The molecule has 8 nitrogen and oxygen atoms in total. The Kier molecular flexibility index (Phi) is 5.44. The second kappa shape index (κ2) is 7.94. The van der Waals surface area contributed by atoms with Crippen LogP contribution in [0, 0.1) is 10.1 Å². The Balaban J connectivity index is 1.77. The van der Waals surface area contributed by atoms with Crippen molar-refractivity contribution in [3.8, 4) is 11.5 Å². The normalized spacial score (nSPS) is 16.1. The minimum atomic E-state index is -0.506. The van der Waals surface area contributed by atoms with Crippen LogP contribution in [0.4, 0.5) is 16.2 Å². The van der Waals surface area contributed by atoms with Crippen LogP contribution in [0.1, 0.15) is 24.4 Å². The van der Waals surface area contributed by atoms with E-state index >= 15 is 0 Å². The van der Waals surface area contributed by atoms with Crippen molar-refractivity contribution in [2.75, 3.05) is 26.1 Å². The number of ether oxygens (including phenoxy) is 2. The van der Waals surface area contributed by atoms with Crippen molar-refractivity contribution < 1.29 is 19.2 Å². The van der Waals surface area contributed by atoms with Crippen LogP contribution in [0.2, 0.25) is 0 Å². The van der Waals surface area contributed by atoms with Crippen LogP contribution < -0.4 is 14.8 Å². The summed E-state index contributed by atoms with van der Waals surface area (Å²) in [5, 5.41) is 13.7. The highest BCUT2D eigenvalue weighted by atomic mass is 16.6. The van der Waals surface area contributed by atoms with E-state index < -0.39 is 4.92 Å². The number of likely N-dealkylation sites (tertiary alicyclic amines) is 1. The summed E-state index contributed by atoms with van der Waals surface area (Å²) in [5.41, 5.74) is 1.34. The fraction of sp³-hybridized carbons (Fsp3) is 0.316. The third-order valence-electron chi connectivity index (χ3n) is 4.65. The molecule has 27 heavy (non-hydrogen) atoms. The predicted molar refractivity (Wildman–Crippen MR) is 100 cm³/mol. The number of hydrogen-bond acceptors (Lipinski definition) is 5. The van der Waals surface area contributed by atoms with Gasteiger partial charge in [0.05, 0.1) is 36.9 Å². The summed E-state index contributed by atoms with van der Waals surface area (Å²) < 4.78 is 10.4. The molecule has 2 aromatic carbocycles. The molecule has 1 atom stereocenters. The molecule has 142 valence electrons. The van der Waals surface area contributed by atoms with E-state index in [0.29, 0.717) is 12.2 Å². The molecule has 0 radical (unpaired) electrons. The number of hydrogen-bond donors (Lipinski definition) is 1. The van der Waals surface area contributed by atoms with Gasteiger partial charge in [-0.1, -0.05) is 12.1 Å².